The molecule has 5 nitrogen and oxygen atoms in total. The average Bonchev–Trinajstić information content (AvgIpc) is 2.95. The summed E-state index contributed by atoms with van der Waals surface area (Å²) in [5.74, 6) is 0.128. The largest absolute Gasteiger partial charge is 0.444 e. The van der Waals surface area contributed by atoms with Crippen molar-refractivity contribution in [3.05, 3.63) is 42.0 Å². The van der Waals surface area contributed by atoms with Gasteiger partial charge in [-0.05, 0) is 37.6 Å². The van der Waals surface area contributed by atoms with Crippen molar-refractivity contribution in [3.8, 4) is 11.5 Å². The van der Waals surface area contributed by atoms with Gasteiger partial charge in [0, 0.05) is 31.0 Å². The van der Waals surface area contributed by atoms with Crippen LogP contribution in [0.15, 0.2) is 34.9 Å². The Morgan fingerprint density at radius 2 is 2.14 bits per heavy atom. The molecule has 2 aromatic rings. The van der Waals surface area contributed by atoms with E-state index in [4.69, 9.17) is 10.2 Å². The van der Waals surface area contributed by atoms with Crippen LogP contribution in [0.1, 0.15) is 25.5 Å². The summed E-state index contributed by atoms with van der Waals surface area (Å²) in [6, 6.07) is 5.97. The van der Waals surface area contributed by atoms with Crippen LogP contribution in [0.25, 0.3) is 11.5 Å². The van der Waals surface area contributed by atoms with Gasteiger partial charge in [0.1, 0.15) is 12.1 Å². The third-order valence-corrected chi connectivity index (χ3v) is 3.17. The van der Waals surface area contributed by atoms with E-state index in [9.17, 15) is 9.18 Å². The van der Waals surface area contributed by atoms with Crippen LogP contribution < -0.4 is 11.1 Å². The molecule has 0 radical (unpaired) electrons. The highest BCUT2D eigenvalue weighted by molar-refractivity contribution is 5.75. The van der Waals surface area contributed by atoms with E-state index in [1.807, 2.05) is 6.92 Å². The van der Waals surface area contributed by atoms with Gasteiger partial charge in [-0.25, -0.2) is 9.37 Å². The van der Waals surface area contributed by atoms with Crippen LogP contribution in [-0.2, 0) is 11.2 Å². The van der Waals surface area contributed by atoms with Crippen LogP contribution in [0.5, 0.6) is 0 Å². The summed E-state index contributed by atoms with van der Waals surface area (Å²) in [4.78, 5) is 15.9. The highest BCUT2D eigenvalue weighted by Gasteiger charge is 2.08. The van der Waals surface area contributed by atoms with Gasteiger partial charge in [0.25, 0.3) is 0 Å². The van der Waals surface area contributed by atoms with Crippen molar-refractivity contribution in [1.82, 2.24) is 10.3 Å². The molecular weight excluding hydrogens is 285 g/mol. The lowest BCUT2D eigenvalue weighted by Gasteiger charge is -2.05. The van der Waals surface area contributed by atoms with E-state index < -0.39 is 0 Å². The number of nitrogens with one attached hydrogen (secondary N) is 1. The quantitative estimate of drug-likeness (QED) is 0.822. The SMILES string of the molecule is CC(N)CCC(=O)NCCc1coc(-c2ccc(F)cc2)n1. The molecule has 6 heteroatoms. The molecule has 2 rings (SSSR count). The number of amides is 1. The Bertz CT molecular complexity index is 608. The fraction of sp³-hybridized carbons (Fsp3) is 0.375. The lowest BCUT2D eigenvalue weighted by molar-refractivity contribution is -0.121. The second-order valence-corrected chi connectivity index (χ2v) is 5.27. The minimum Gasteiger partial charge on any atom is -0.444 e. The number of hydrogen-bond donors (Lipinski definition) is 2. The first-order chi connectivity index (χ1) is 10.5. The van der Waals surface area contributed by atoms with Crippen molar-refractivity contribution in [3.63, 3.8) is 0 Å². The standard InChI is InChI=1S/C16H20FN3O2/c1-11(18)2-7-15(21)19-9-8-14-10-22-16(20-14)12-3-5-13(17)6-4-12/h3-6,10-11H,2,7-9,18H2,1H3,(H,19,21). The molecule has 0 fully saturated rings. The summed E-state index contributed by atoms with van der Waals surface area (Å²) in [5, 5.41) is 2.82. The van der Waals surface area contributed by atoms with Crippen molar-refractivity contribution < 1.29 is 13.6 Å². The number of aromatic nitrogens is 1. The van der Waals surface area contributed by atoms with Gasteiger partial charge in [0.2, 0.25) is 11.8 Å². The number of benzene rings is 1. The van der Waals surface area contributed by atoms with Gasteiger partial charge in [0.05, 0.1) is 5.69 Å². The average molecular weight is 305 g/mol. The molecule has 118 valence electrons. The Hall–Kier alpha value is -2.21. The summed E-state index contributed by atoms with van der Waals surface area (Å²) in [7, 11) is 0. The topological polar surface area (TPSA) is 81.2 Å². The summed E-state index contributed by atoms with van der Waals surface area (Å²) in [5.41, 5.74) is 7.06. The number of halogens is 1. The fourth-order valence-corrected chi connectivity index (χ4v) is 1.92. The molecule has 0 spiro atoms. The van der Waals surface area contributed by atoms with Crippen molar-refractivity contribution in [2.24, 2.45) is 5.73 Å². The summed E-state index contributed by atoms with van der Waals surface area (Å²) >= 11 is 0. The molecule has 0 aliphatic heterocycles. The first-order valence-electron chi connectivity index (χ1n) is 7.27. The Morgan fingerprint density at radius 3 is 2.82 bits per heavy atom. The monoisotopic (exact) mass is 305 g/mol. The van der Waals surface area contributed by atoms with Crippen LogP contribution in [0.2, 0.25) is 0 Å². The minimum absolute atomic E-state index is 0.0143. The third kappa shape index (κ3) is 4.96. The van der Waals surface area contributed by atoms with Gasteiger partial charge in [-0.3, -0.25) is 4.79 Å². The molecule has 3 N–H and O–H groups in total. The molecule has 1 aromatic heterocycles. The maximum atomic E-state index is 12.9. The van der Waals surface area contributed by atoms with Crippen LogP contribution in [0.4, 0.5) is 4.39 Å². The molecule has 0 aliphatic carbocycles. The van der Waals surface area contributed by atoms with Gasteiger partial charge in [-0.2, -0.15) is 0 Å². The second kappa shape index (κ2) is 7.70. The Kier molecular flexibility index (Phi) is 5.66. The van der Waals surface area contributed by atoms with Crippen LogP contribution in [0, 0.1) is 5.82 Å². The summed E-state index contributed by atoms with van der Waals surface area (Å²) in [6.07, 6.45) is 3.23. The van der Waals surface area contributed by atoms with E-state index in [-0.39, 0.29) is 17.8 Å². The van der Waals surface area contributed by atoms with Crippen LogP contribution >= 0.6 is 0 Å². The highest BCUT2D eigenvalue weighted by Crippen LogP contribution is 2.18. The molecule has 1 amide bonds. The molecule has 0 saturated heterocycles. The van der Waals surface area contributed by atoms with Gasteiger partial charge < -0.3 is 15.5 Å². The number of oxazole rings is 1. The second-order valence-electron chi connectivity index (χ2n) is 5.27. The first kappa shape index (κ1) is 16.2. The Labute approximate surface area is 128 Å². The molecular formula is C16H20FN3O2. The molecule has 1 heterocycles. The van der Waals surface area contributed by atoms with Gasteiger partial charge in [0.15, 0.2) is 0 Å². The molecule has 1 aromatic carbocycles. The zero-order valence-corrected chi connectivity index (χ0v) is 12.5. The lowest BCUT2D eigenvalue weighted by Crippen LogP contribution is -2.27. The van der Waals surface area contributed by atoms with Gasteiger partial charge >= 0.3 is 0 Å². The van der Waals surface area contributed by atoms with E-state index in [0.717, 1.165) is 5.69 Å². The van der Waals surface area contributed by atoms with E-state index in [1.54, 1.807) is 18.4 Å². The van der Waals surface area contributed by atoms with Crippen molar-refractivity contribution in [2.75, 3.05) is 6.54 Å². The number of rotatable bonds is 7. The molecule has 0 aliphatic rings. The Morgan fingerprint density at radius 1 is 1.41 bits per heavy atom. The van der Waals surface area contributed by atoms with E-state index in [1.165, 1.54) is 12.1 Å². The molecule has 1 atom stereocenters. The van der Waals surface area contributed by atoms with Gasteiger partial charge in [-0.1, -0.05) is 0 Å². The number of carbonyl (C=O) groups is 1. The number of nitrogens with two attached hydrogens (primary N) is 1. The molecule has 1 unspecified atom stereocenters. The molecule has 0 saturated carbocycles. The van der Waals surface area contributed by atoms with E-state index in [2.05, 4.69) is 10.3 Å². The third-order valence-electron chi connectivity index (χ3n) is 3.17. The lowest BCUT2D eigenvalue weighted by atomic mass is 10.2. The van der Waals surface area contributed by atoms with Crippen LogP contribution in [-0.4, -0.2) is 23.5 Å². The summed E-state index contributed by atoms with van der Waals surface area (Å²) < 4.78 is 18.2. The number of nitrogens with zero attached hydrogens (tertiary/aromatic N) is 1. The number of carbonyl (C=O) groups excluding carboxylic acids is 1. The van der Waals surface area contributed by atoms with E-state index in [0.29, 0.717) is 37.3 Å². The fourth-order valence-electron chi connectivity index (χ4n) is 1.92. The van der Waals surface area contributed by atoms with Crippen molar-refractivity contribution in [1.29, 1.82) is 0 Å². The molecule has 0 bridgehead atoms. The normalized spacial score (nSPS) is 12.1. The highest BCUT2D eigenvalue weighted by atomic mass is 19.1. The zero-order valence-electron chi connectivity index (χ0n) is 12.5. The maximum Gasteiger partial charge on any atom is 0.226 e. The predicted octanol–water partition coefficient (Wildman–Crippen LogP) is 2.27. The van der Waals surface area contributed by atoms with E-state index >= 15 is 0 Å². The maximum absolute atomic E-state index is 12.9. The van der Waals surface area contributed by atoms with Crippen molar-refractivity contribution >= 4 is 5.91 Å². The first-order valence-corrected chi connectivity index (χ1v) is 7.27. The minimum atomic E-state index is -0.301. The predicted molar refractivity (Wildman–Crippen MR) is 81.5 cm³/mol. The summed E-state index contributed by atoms with van der Waals surface area (Å²) in [6.45, 7) is 2.37. The Balaban J connectivity index is 1.80. The van der Waals surface area contributed by atoms with Crippen molar-refractivity contribution in [2.45, 2.75) is 32.2 Å². The zero-order chi connectivity index (χ0) is 15.9. The molecule has 22 heavy (non-hydrogen) atoms. The van der Waals surface area contributed by atoms with Crippen LogP contribution in [0.3, 0.4) is 0 Å². The smallest absolute Gasteiger partial charge is 0.226 e. The number of hydrogen-bond acceptors (Lipinski definition) is 4. The van der Waals surface area contributed by atoms with Gasteiger partial charge in [-0.15, -0.1) is 0 Å².